The Bertz CT molecular complexity index is 671. The van der Waals surface area contributed by atoms with E-state index in [1.165, 1.54) is 5.56 Å². The van der Waals surface area contributed by atoms with Crippen LogP contribution in [0.15, 0.2) is 29.2 Å². The van der Waals surface area contributed by atoms with Crippen molar-refractivity contribution in [1.82, 2.24) is 19.7 Å². The number of nitrogens with zero attached hydrogens (tertiary/aromatic N) is 3. The Balaban J connectivity index is 2.04. The minimum absolute atomic E-state index is 0.0613. The molecule has 0 aromatic carbocycles. The largest absolute Gasteiger partial charge is 0.313 e. The maximum absolute atomic E-state index is 12.2. The van der Waals surface area contributed by atoms with Gasteiger partial charge in [0.1, 0.15) is 0 Å². The molecule has 1 atom stereocenters. The molecule has 1 N–H and O–H groups in total. The lowest BCUT2D eigenvalue weighted by Crippen LogP contribution is -2.30. The lowest BCUT2D eigenvalue weighted by molar-refractivity contribution is 0.472. The molecule has 5 nitrogen and oxygen atoms in total. The van der Waals surface area contributed by atoms with Crippen LogP contribution in [0.25, 0.3) is 0 Å². The predicted molar refractivity (Wildman–Crippen MR) is 77.8 cm³/mol. The zero-order valence-corrected chi connectivity index (χ0v) is 12.0. The van der Waals surface area contributed by atoms with E-state index in [2.05, 4.69) is 10.4 Å². The van der Waals surface area contributed by atoms with Gasteiger partial charge in [-0.15, -0.1) is 0 Å². The van der Waals surface area contributed by atoms with Crippen LogP contribution in [-0.4, -0.2) is 21.4 Å². The van der Waals surface area contributed by atoms with Gasteiger partial charge in [-0.25, -0.2) is 0 Å². The van der Waals surface area contributed by atoms with Gasteiger partial charge in [-0.3, -0.25) is 9.48 Å². The first-order valence-corrected chi connectivity index (χ1v) is 7.07. The molecule has 0 bridgehead atoms. The van der Waals surface area contributed by atoms with Crippen molar-refractivity contribution in [1.29, 1.82) is 0 Å². The SMILES string of the molecule is CNC1CCCc2c1ccc(=O)n2Cc1ccn(C)n1. The smallest absolute Gasteiger partial charge is 0.251 e. The zero-order chi connectivity index (χ0) is 14.1. The summed E-state index contributed by atoms with van der Waals surface area (Å²) in [6.45, 7) is 0.555. The lowest BCUT2D eigenvalue weighted by Gasteiger charge is -2.27. The van der Waals surface area contributed by atoms with E-state index >= 15 is 0 Å². The van der Waals surface area contributed by atoms with Crippen molar-refractivity contribution >= 4 is 0 Å². The van der Waals surface area contributed by atoms with Crippen LogP contribution in [-0.2, 0) is 20.0 Å². The molecule has 1 unspecified atom stereocenters. The number of aromatic nitrogens is 3. The quantitative estimate of drug-likeness (QED) is 0.914. The fraction of sp³-hybridized carbons (Fsp3) is 0.467. The Morgan fingerprint density at radius 3 is 2.95 bits per heavy atom. The molecule has 3 rings (SSSR count). The maximum Gasteiger partial charge on any atom is 0.251 e. The van der Waals surface area contributed by atoms with Crippen molar-refractivity contribution in [3.05, 3.63) is 51.7 Å². The second-order valence-electron chi connectivity index (χ2n) is 5.37. The first-order chi connectivity index (χ1) is 9.69. The van der Waals surface area contributed by atoms with E-state index in [9.17, 15) is 4.79 Å². The van der Waals surface area contributed by atoms with Crippen LogP contribution in [0.3, 0.4) is 0 Å². The van der Waals surface area contributed by atoms with E-state index < -0.39 is 0 Å². The summed E-state index contributed by atoms with van der Waals surface area (Å²) in [6.07, 6.45) is 5.12. The number of nitrogens with one attached hydrogen (secondary N) is 1. The van der Waals surface area contributed by atoms with Gasteiger partial charge in [-0.05, 0) is 37.9 Å². The standard InChI is InChI=1S/C15H20N4O/c1-16-13-4-3-5-14-12(13)6-7-15(20)19(14)10-11-8-9-18(2)17-11/h6-9,13,16H,3-5,10H2,1-2H3. The summed E-state index contributed by atoms with van der Waals surface area (Å²) in [5.41, 5.74) is 3.41. The highest BCUT2D eigenvalue weighted by Gasteiger charge is 2.22. The second kappa shape index (κ2) is 5.25. The molecule has 2 heterocycles. The molecule has 0 amide bonds. The van der Waals surface area contributed by atoms with Crippen LogP contribution < -0.4 is 10.9 Å². The number of hydrogen-bond acceptors (Lipinski definition) is 3. The molecule has 1 aliphatic rings. The monoisotopic (exact) mass is 272 g/mol. The third-order valence-corrected chi connectivity index (χ3v) is 4.05. The molecule has 0 saturated carbocycles. The molecule has 0 fully saturated rings. The average molecular weight is 272 g/mol. The molecule has 2 aromatic heterocycles. The second-order valence-corrected chi connectivity index (χ2v) is 5.37. The van der Waals surface area contributed by atoms with E-state index in [-0.39, 0.29) is 5.56 Å². The number of rotatable bonds is 3. The van der Waals surface area contributed by atoms with Crippen LogP contribution in [0.1, 0.15) is 35.8 Å². The lowest BCUT2D eigenvalue weighted by atomic mass is 9.91. The number of fused-ring (bicyclic) bond motifs is 1. The Kier molecular flexibility index (Phi) is 3.44. The fourth-order valence-corrected chi connectivity index (χ4v) is 3.04. The molecule has 1 aliphatic carbocycles. The van der Waals surface area contributed by atoms with E-state index in [1.807, 2.05) is 37.0 Å². The van der Waals surface area contributed by atoms with Crippen LogP contribution in [0, 0.1) is 0 Å². The van der Waals surface area contributed by atoms with Gasteiger partial charge in [0.15, 0.2) is 0 Å². The summed E-state index contributed by atoms with van der Waals surface area (Å²) in [5.74, 6) is 0. The van der Waals surface area contributed by atoms with Crippen LogP contribution in [0.2, 0.25) is 0 Å². The number of hydrogen-bond donors (Lipinski definition) is 1. The predicted octanol–water partition coefficient (Wildman–Crippen LogP) is 1.23. The minimum atomic E-state index is 0.0613. The first kappa shape index (κ1) is 13.1. The molecule has 5 heteroatoms. The van der Waals surface area contributed by atoms with Crippen molar-refractivity contribution in [3.63, 3.8) is 0 Å². The maximum atomic E-state index is 12.2. The highest BCUT2D eigenvalue weighted by molar-refractivity contribution is 5.28. The summed E-state index contributed by atoms with van der Waals surface area (Å²) < 4.78 is 3.65. The Hall–Kier alpha value is -1.88. The molecular formula is C15H20N4O. The van der Waals surface area contributed by atoms with E-state index in [0.29, 0.717) is 12.6 Å². The van der Waals surface area contributed by atoms with E-state index in [4.69, 9.17) is 0 Å². The molecule has 0 spiro atoms. The molecule has 0 radical (unpaired) electrons. The topological polar surface area (TPSA) is 51.9 Å². The van der Waals surface area contributed by atoms with Gasteiger partial charge in [0.05, 0.1) is 12.2 Å². The van der Waals surface area contributed by atoms with Gasteiger partial charge in [0, 0.05) is 31.0 Å². The van der Waals surface area contributed by atoms with Crippen molar-refractivity contribution < 1.29 is 0 Å². The van der Waals surface area contributed by atoms with Crippen LogP contribution in [0.5, 0.6) is 0 Å². The summed E-state index contributed by atoms with van der Waals surface area (Å²) >= 11 is 0. The molecule has 2 aromatic rings. The van der Waals surface area contributed by atoms with Crippen molar-refractivity contribution in [3.8, 4) is 0 Å². The van der Waals surface area contributed by atoms with E-state index in [0.717, 1.165) is 30.7 Å². The summed E-state index contributed by atoms with van der Waals surface area (Å²) in [5, 5.41) is 7.72. The number of pyridine rings is 1. The number of aryl methyl sites for hydroxylation is 1. The van der Waals surface area contributed by atoms with Gasteiger partial charge in [0.2, 0.25) is 0 Å². The summed E-state index contributed by atoms with van der Waals surface area (Å²) in [4.78, 5) is 12.2. The van der Waals surface area contributed by atoms with Gasteiger partial charge in [-0.2, -0.15) is 5.10 Å². The minimum Gasteiger partial charge on any atom is -0.313 e. The van der Waals surface area contributed by atoms with Gasteiger partial charge >= 0.3 is 0 Å². The highest BCUT2D eigenvalue weighted by atomic mass is 16.1. The Labute approximate surface area is 118 Å². The molecule has 0 aliphatic heterocycles. The Morgan fingerprint density at radius 1 is 1.40 bits per heavy atom. The summed E-state index contributed by atoms with van der Waals surface area (Å²) in [7, 11) is 3.87. The molecule has 0 saturated heterocycles. The van der Waals surface area contributed by atoms with Crippen molar-refractivity contribution in [2.24, 2.45) is 7.05 Å². The average Bonchev–Trinajstić information content (AvgIpc) is 2.86. The molecule has 20 heavy (non-hydrogen) atoms. The zero-order valence-electron chi connectivity index (χ0n) is 12.0. The van der Waals surface area contributed by atoms with Gasteiger partial charge in [0.25, 0.3) is 5.56 Å². The third kappa shape index (κ3) is 2.29. The van der Waals surface area contributed by atoms with E-state index in [1.54, 1.807) is 10.7 Å². The van der Waals surface area contributed by atoms with Crippen LogP contribution in [0.4, 0.5) is 0 Å². The third-order valence-electron chi connectivity index (χ3n) is 4.05. The van der Waals surface area contributed by atoms with Gasteiger partial charge in [-0.1, -0.05) is 6.07 Å². The Morgan fingerprint density at radius 2 is 2.25 bits per heavy atom. The highest BCUT2D eigenvalue weighted by Crippen LogP contribution is 2.28. The van der Waals surface area contributed by atoms with Crippen molar-refractivity contribution in [2.45, 2.75) is 31.8 Å². The van der Waals surface area contributed by atoms with Crippen LogP contribution >= 0.6 is 0 Å². The molecular weight excluding hydrogens is 252 g/mol. The van der Waals surface area contributed by atoms with Crippen molar-refractivity contribution in [2.75, 3.05) is 7.05 Å². The molecule has 106 valence electrons. The summed E-state index contributed by atoms with van der Waals surface area (Å²) in [6, 6.07) is 5.98. The first-order valence-electron chi connectivity index (χ1n) is 7.07. The normalized spacial score (nSPS) is 18.0. The van der Waals surface area contributed by atoms with Gasteiger partial charge < -0.3 is 9.88 Å². The fourth-order valence-electron chi connectivity index (χ4n) is 3.04.